The topological polar surface area (TPSA) is 78.9 Å². The van der Waals surface area contributed by atoms with Gasteiger partial charge in [-0.15, -0.1) is 0 Å². The Hall–Kier alpha value is -1.30. The Balaban J connectivity index is 2.06. The number of nitrogens with one attached hydrogen (secondary N) is 1. The van der Waals surface area contributed by atoms with Crippen LogP contribution < -0.4 is 5.32 Å². The van der Waals surface area contributed by atoms with Crippen LogP contribution in [0.2, 0.25) is 0 Å². The van der Waals surface area contributed by atoms with E-state index in [1.54, 1.807) is 7.05 Å². The molecule has 0 aromatic carbocycles. The van der Waals surface area contributed by atoms with E-state index in [-0.39, 0.29) is 18.6 Å². The van der Waals surface area contributed by atoms with Crippen LogP contribution in [-0.4, -0.2) is 54.9 Å². The molecule has 1 aliphatic rings. The number of carbonyl (C=O) groups excluding carboxylic acids is 1. The van der Waals surface area contributed by atoms with Gasteiger partial charge in [0, 0.05) is 33.2 Å². The predicted molar refractivity (Wildman–Crippen MR) is 71.1 cm³/mol. The summed E-state index contributed by atoms with van der Waals surface area (Å²) in [4.78, 5) is 23.6. The minimum absolute atomic E-state index is 0.0908. The quantitative estimate of drug-likeness (QED) is 0.735. The molecule has 6 heteroatoms. The van der Waals surface area contributed by atoms with Gasteiger partial charge in [0.25, 0.3) is 0 Å². The molecular weight excluding hydrogens is 248 g/mol. The van der Waals surface area contributed by atoms with Crippen LogP contribution in [0.3, 0.4) is 0 Å². The molecule has 2 amide bonds. The first-order valence-corrected chi connectivity index (χ1v) is 6.92. The lowest BCUT2D eigenvalue weighted by Crippen LogP contribution is -2.39. The normalized spacial score (nSPS) is 18.9. The Morgan fingerprint density at radius 1 is 1.42 bits per heavy atom. The summed E-state index contributed by atoms with van der Waals surface area (Å²) < 4.78 is 5.58. The summed E-state index contributed by atoms with van der Waals surface area (Å²) in [7, 11) is 1.67. The third-order valence-electron chi connectivity index (χ3n) is 3.25. The standard InChI is InChI=1S/C13H24N2O4/c1-15(9-4-6-12(16)17)13(18)14-8-7-11-5-2-3-10-19-11/h11H,2-10H2,1H3,(H,14,18)(H,16,17). The van der Waals surface area contributed by atoms with Crippen molar-refractivity contribution in [3.8, 4) is 0 Å². The average molecular weight is 272 g/mol. The molecule has 1 fully saturated rings. The van der Waals surface area contributed by atoms with E-state index in [0.717, 1.165) is 25.9 Å². The zero-order valence-corrected chi connectivity index (χ0v) is 11.6. The van der Waals surface area contributed by atoms with Crippen molar-refractivity contribution >= 4 is 12.0 Å². The molecule has 1 aliphatic heterocycles. The highest BCUT2D eigenvalue weighted by atomic mass is 16.5. The Kier molecular flexibility index (Phi) is 7.25. The maximum atomic E-state index is 11.7. The van der Waals surface area contributed by atoms with Gasteiger partial charge >= 0.3 is 12.0 Å². The molecule has 0 aromatic rings. The Morgan fingerprint density at radius 2 is 2.21 bits per heavy atom. The maximum absolute atomic E-state index is 11.7. The minimum atomic E-state index is -0.830. The van der Waals surface area contributed by atoms with Crippen molar-refractivity contribution in [1.82, 2.24) is 10.2 Å². The third kappa shape index (κ3) is 7.00. The van der Waals surface area contributed by atoms with Crippen LogP contribution >= 0.6 is 0 Å². The van der Waals surface area contributed by atoms with Gasteiger partial charge in [-0.25, -0.2) is 4.79 Å². The van der Waals surface area contributed by atoms with Crippen molar-refractivity contribution in [2.24, 2.45) is 0 Å². The fraction of sp³-hybridized carbons (Fsp3) is 0.846. The number of aliphatic carboxylic acids is 1. The van der Waals surface area contributed by atoms with Crippen LogP contribution in [0.5, 0.6) is 0 Å². The van der Waals surface area contributed by atoms with Gasteiger partial charge in [0.1, 0.15) is 0 Å². The summed E-state index contributed by atoms with van der Waals surface area (Å²) in [5, 5.41) is 11.3. The van der Waals surface area contributed by atoms with Gasteiger partial charge in [-0.2, -0.15) is 0 Å². The van der Waals surface area contributed by atoms with E-state index in [0.29, 0.717) is 19.5 Å². The predicted octanol–water partition coefficient (Wildman–Crippen LogP) is 1.45. The zero-order valence-electron chi connectivity index (χ0n) is 11.6. The lowest BCUT2D eigenvalue weighted by atomic mass is 10.1. The molecule has 1 saturated heterocycles. The fourth-order valence-electron chi connectivity index (χ4n) is 2.08. The van der Waals surface area contributed by atoms with Gasteiger partial charge in [-0.1, -0.05) is 0 Å². The van der Waals surface area contributed by atoms with Crippen LogP contribution in [0.15, 0.2) is 0 Å². The van der Waals surface area contributed by atoms with Crippen molar-refractivity contribution < 1.29 is 19.4 Å². The molecule has 6 nitrogen and oxygen atoms in total. The monoisotopic (exact) mass is 272 g/mol. The Labute approximate surface area is 114 Å². The Morgan fingerprint density at radius 3 is 2.84 bits per heavy atom. The van der Waals surface area contributed by atoms with Crippen LogP contribution in [0.4, 0.5) is 4.79 Å². The molecule has 1 heterocycles. The molecule has 0 saturated carbocycles. The van der Waals surface area contributed by atoms with Crippen molar-refractivity contribution in [1.29, 1.82) is 0 Å². The molecule has 2 N–H and O–H groups in total. The van der Waals surface area contributed by atoms with E-state index in [2.05, 4.69) is 5.32 Å². The minimum Gasteiger partial charge on any atom is -0.481 e. The van der Waals surface area contributed by atoms with Gasteiger partial charge in [-0.3, -0.25) is 4.79 Å². The van der Waals surface area contributed by atoms with Crippen molar-refractivity contribution in [2.75, 3.05) is 26.7 Å². The molecule has 0 spiro atoms. The number of amides is 2. The third-order valence-corrected chi connectivity index (χ3v) is 3.25. The summed E-state index contributed by atoms with van der Waals surface area (Å²) in [6.07, 6.45) is 5.09. The Bertz CT molecular complexity index is 290. The van der Waals surface area contributed by atoms with Crippen molar-refractivity contribution in [3.63, 3.8) is 0 Å². The first-order chi connectivity index (χ1) is 9.09. The second-order valence-corrected chi connectivity index (χ2v) is 4.93. The molecule has 0 aromatic heterocycles. The summed E-state index contributed by atoms with van der Waals surface area (Å²) in [6.45, 7) is 1.89. The lowest BCUT2D eigenvalue weighted by molar-refractivity contribution is -0.137. The first kappa shape index (κ1) is 15.8. The molecule has 0 bridgehead atoms. The van der Waals surface area contributed by atoms with Crippen molar-refractivity contribution in [2.45, 2.75) is 44.6 Å². The highest BCUT2D eigenvalue weighted by Gasteiger charge is 2.14. The second kappa shape index (κ2) is 8.74. The van der Waals surface area contributed by atoms with Crippen LogP contribution in [0.1, 0.15) is 38.5 Å². The van der Waals surface area contributed by atoms with Gasteiger partial charge in [0.15, 0.2) is 0 Å². The molecule has 0 radical (unpaired) electrons. The number of carbonyl (C=O) groups is 2. The van der Waals surface area contributed by atoms with E-state index in [9.17, 15) is 9.59 Å². The van der Waals surface area contributed by atoms with Crippen LogP contribution in [0.25, 0.3) is 0 Å². The summed E-state index contributed by atoms with van der Waals surface area (Å²) in [5.74, 6) is -0.830. The highest BCUT2D eigenvalue weighted by Crippen LogP contribution is 2.14. The zero-order chi connectivity index (χ0) is 14.1. The molecular formula is C13H24N2O4. The lowest BCUT2D eigenvalue weighted by Gasteiger charge is -2.23. The van der Waals surface area contributed by atoms with Crippen LogP contribution in [0, 0.1) is 0 Å². The SMILES string of the molecule is CN(CCCC(=O)O)C(=O)NCCC1CCCCO1. The molecule has 1 rings (SSSR count). The molecule has 110 valence electrons. The van der Waals surface area contributed by atoms with E-state index >= 15 is 0 Å². The average Bonchev–Trinajstić information content (AvgIpc) is 2.39. The summed E-state index contributed by atoms with van der Waals surface area (Å²) in [5.41, 5.74) is 0. The van der Waals surface area contributed by atoms with Gasteiger partial charge < -0.3 is 20.1 Å². The van der Waals surface area contributed by atoms with E-state index in [1.807, 2.05) is 0 Å². The number of nitrogens with zero attached hydrogens (tertiary/aromatic N) is 1. The van der Waals surface area contributed by atoms with Crippen molar-refractivity contribution in [3.05, 3.63) is 0 Å². The molecule has 1 unspecified atom stereocenters. The number of hydrogen-bond acceptors (Lipinski definition) is 3. The van der Waals surface area contributed by atoms with Crippen LogP contribution in [-0.2, 0) is 9.53 Å². The smallest absolute Gasteiger partial charge is 0.317 e. The molecule has 0 aliphatic carbocycles. The molecule has 19 heavy (non-hydrogen) atoms. The first-order valence-electron chi connectivity index (χ1n) is 6.92. The van der Waals surface area contributed by atoms with E-state index < -0.39 is 5.97 Å². The number of hydrogen-bond donors (Lipinski definition) is 2. The number of urea groups is 1. The summed E-state index contributed by atoms with van der Waals surface area (Å²) in [6, 6.07) is -0.152. The highest BCUT2D eigenvalue weighted by molar-refractivity contribution is 5.73. The van der Waals surface area contributed by atoms with Gasteiger partial charge in [0.2, 0.25) is 0 Å². The van der Waals surface area contributed by atoms with Gasteiger partial charge in [0.05, 0.1) is 6.10 Å². The number of carboxylic acid groups (broad SMARTS) is 1. The largest absolute Gasteiger partial charge is 0.481 e. The number of carboxylic acids is 1. The van der Waals surface area contributed by atoms with Gasteiger partial charge in [-0.05, 0) is 32.1 Å². The summed E-state index contributed by atoms with van der Waals surface area (Å²) >= 11 is 0. The maximum Gasteiger partial charge on any atom is 0.317 e. The molecule has 1 atom stereocenters. The fourth-order valence-corrected chi connectivity index (χ4v) is 2.08. The van der Waals surface area contributed by atoms with E-state index in [4.69, 9.17) is 9.84 Å². The number of ether oxygens (including phenoxy) is 1. The number of rotatable bonds is 7. The second-order valence-electron chi connectivity index (χ2n) is 4.93. The van der Waals surface area contributed by atoms with E-state index in [1.165, 1.54) is 11.3 Å².